The largest absolute Gasteiger partial charge is 0.461 e. The van der Waals surface area contributed by atoms with Crippen molar-refractivity contribution in [3.05, 3.63) is 35.4 Å². The lowest BCUT2D eigenvalue weighted by Crippen LogP contribution is -1.99. The zero-order chi connectivity index (χ0) is 10.4. The Labute approximate surface area is 83.3 Å². The van der Waals surface area contributed by atoms with Crippen LogP contribution in [0.2, 0.25) is 0 Å². The van der Waals surface area contributed by atoms with Gasteiger partial charge in [0.1, 0.15) is 6.61 Å². The number of hydrogen-bond acceptors (Lipinski definition) is 3. The smallest absolute Gasteiger partial charge is 0.302 e. The Morgan fingerprint density at radius 1 is 1.29 bits per heavy atom. The minimum absolute atomic E-state index is 0.156. The highest BCUT2D eigenvalue weighted by Crippen LogP contribution is 2.06. The fourth-order valence-electron chi connectivity index (χ4n) is 1.12. The predicted octanol–water partition coefficient (Wildman–Crippen LogP) is 1.28. The molecule has 0 fully saturated rings. The normalized spacial score (nSPS) is 9.86. The summed E-state index contributed by atoms with van der Waals surface area (Å²) in [5, 5.41) is 8.70. The van der Waals surface area contributed by atoms with E-state index in [1.807, 2.05) is 24.3 Å². The number of ether oxygens (including phenoxy) is 1. The van der Waals surface area contributed by atoms with Gasteiger partial charge in [0.25, 0.3) is 0 Å². The molecule has 3 heteroatoms. The Bertz CT molecular complexity index is 290. The number of esters is 1. The van der Waals surface area contributed by atoms with E-state index in [-0.39, 0.29) is 12.6 Å². The lowest BCUT2D eigenvalue weighted by Gasteiger charge is -2.03. The highest BCUT2D eigenvalue weighted by Gasteiger charge is 1.96. The number of rotatable bonds is 4. The molecule has 3 nitrogen and oxygen atoms in total. The third kappa shape index (κ3) is 3.58. The maximum atomic E-state index is 10.5. The van der Waals surface area contributed by atoms with E-state index in [9.17, 15) is 4.79 Å². The Morgan fingerprint density at radius 2 is 1.86 bits per heavy atom. The summed E-state index contributed by atoms with van der Waals surface area (Å²) >= 11 is 0. The summed E-state index contributed by atoms with van der Waals surface area (Å²) in [6.07, 6.45) is 0.661. The Kier molecular flexibility index (Phi) is 4.13. The highest BCUT2D eigenvalue weighted by molar-refractivity contribution is 5.65. The molecular weight excluding hydrogens is 180 g/mol. The Morgan fingerprint density at radius 3 is 2.36 bits per heavy atom. The fourth-order valence-corrected chi connectivity index (χ4v) is 1.12. The van der Waals surface area contributed by atoms with Crippen molar-refractivity contribution < 1.29 is 14.6 Å². The summed E-state index contributed by atoms with van der Waals surface area (Å²) in [4.78, 5) is 10.5. The van der Waals surface area contributed by atoms with Crippen LogP contribution in [0.5, 0.6) is 0 Å². The van der Waals surface area contributed by atoms with Crippen LogP contribution >= 0.6 is 0 Å². The summed E-state index contributed by atoms with van der Waals surface area (Å²) in [5.74, 6) is -0.274. The first kappa shape index (κ1) is 10.7. The molecule has 0 unspecified atom stereocenters. The van der Waals surface area contributed by atoms with Crippen LogP contribution in [0, 0.1) is 0 Å². The standard InChI is InChI=1S/C11H14O3/c1-9(13)14-8-11-4-2-10(3-5-11)6-7-12/h2-5,12H,6-8H2,1H3. The molecule has 0 heterocycles. The molecule has 0 saturated carbocycles. The van der Waals surface area contributed by atoms with E-state index in [1.165, 1.54) is 6.92 Å². The molecule has 0 atom stereocenters. The van der Waals surface area contributed by atoms with E-state index in [1.54, 1.807) is 0 Å². The third-order valence-electron chi connectivity index (χ3n) is 1.87. The summed E-state index contributed by atoms with van der Waals surface area (Å²) < 4.78 is 4.84. The van der Waals surface area contributed by atoms with Gasteiger partial charge < -0.3 is 9.84 Å². The number of aliphatic hydroxyl groups excluding tert-OH is 1. The zero-order valence-electron chi connectivity index (χ0n) is 8.19. The second-order valence-corrected chi connectivity index (χ2v) is 3.07. The van der Waals surface area contributed by atoms with Crippen molar-refractivity contribution in [1.29, 1.82) is 0 Å². The molecule has 0 radical (unpaired) electrons. The van der Waals surface area contributed by atoms with Crippen molar-refractivity contribution in [2.45, 2.75) is 20.0 Å². The molecule has 1 aromatic carbocycles. The van der Waals surface area contributed by atoms with Gasteiger partial charge in [0, 0.05) is 13.5 Å². The monoisotopic (exact) mass is 194 g/mol. The maximum absolute atomic E-state index is 10.5. The highest BCUT2D eigenvalue weighted by atomic mass is 16.5. The van der Waals surface area contributed by atoms with Crippen LogP contribution in [0.3, 0.4) is 0 Å². The maximum Gasteiger partial charge on any atom is 0.302 e. The molecule has 0 saturated heterocycles. The second-order valence-electron chi connectivity index (χ2n) is 3.07. The molecule has 0 aromatic heterocycles. The van der Waals surface area contributed by atoms with Gasteiger partial charge in [-0.2, -0.15) is 0 Å². The van der Waals surface area contributed by atoms with Crippen LogP contribution in [0.1, 0.15) is 18.1 Å². The van der Waals surface area contributed by atoms with Crippen LogP contribution in [0.25, 0.3) is 0 Å². The van der Waals surface area contributed by atoms with Gasteiger partial charge in [-0.15, -0.1) is 0 Å². The van der Waals surface area contributed by atoms with Gasteiger partial charge in [-0.1, -0.05) is 24.3 Å². The summed E-state index contributed by atoms with van der Waals surface area (Å²) in [6, 6.07) is 7.64. The first-order valence-corrected chi connectivity index (χ1v) is 4.54. The third-order valence-corrected chi connectivity index (χ3v) is 1.87. The van der Waals surface area contributed by atoms with Crippen LogP contribution in [0.4, 0.5) is 0 Å². The number of benzene rings is 1. The van der Waals surface area contributed by atoms with Crippen molar-refractivity contribution in [3.8, 4) is 0 Å². The molecule has 0 aliphatic carbocycles. The number of carbonyl (C=O) groups is 1. The van der Waals surface area contributed by atoms with Crippen molar-refractivity contribution in [2.24, 2.45) is 0 Å². The van der Waals surface area contributed by atoms with Gasteiger partial charge in [0.2, 0.25) is 0 Å². The molecule has 1 aromatic rings. The number of aliphatic hydroxyl groups is 1. The zero-order valence-corrected chi connectivity index (χ0v) is 8.19. The van der Waals surface area contributed by atoms with Crippen LogP contribution < -0.4 is 0 Å². The molecule has 76 valence electrons. The molecule has 1 rings (SSSR count). The SMILES string of the molecule is CC(=O)OCc1ccc(CCO)cc1. The molecule has 0 aliphatic heterocycles. The minimum Gasteiger partial charge on any atom is -0.461 e. The first-order valence-electron chi connectivity index (χ1n) is 4.54. The van der Waals surface area contributed by atoms with Crippen LogP contribution in [-0.4, -0.2) is 17.7 Å². The van der Waals surface area contributed by atoms with E-state index in [4.69, 9.17) is 9.84 Å². The van der Waals surface area contributed by atoms with Gasteiger partial charge in [-0.05, 0) is 17.5 Å². The molecule has 0 bridgehead atoms. The van der Waals surface area contributed by atoms with Crippen molar-refractivity contribution in [3.63, 3.8) is 0 Å². The van der Waals surface area contributed by atoms with Crippen molar-refractivity contribution >= 4 is 5.97 Å². The summed E-state index contributed by atoms with van der Waals surface area (Å²) in [7, 11) is 0. The van der Waals surface area contributed by atoms with Gasteiger partial charge in [-0.25, -0.2) is 0 Å². The quantitative estimate of drug-likeness (QED) is 0.734. The topological polar surface area (TPSA) is 46.5 Å². The Hall–Kier alpha value is -1.35. The summed E-state index contributed by atoms with van der Waals surface area (Å²) in [6.45, 7) is 1.86. The van der Waals surface area contributed by atoms with Crippen LogP contribution in [-0.2, 0) is 22.6 Å². The van der Waals surface area contributed by atoms with E-state index >= 15 is 0 Å². The molecule has 0 aliphatic rings. The van der Waals surface area contributed by atoms with Gasteiger partial charge in [0.15, 0.2) is 0 Å². The van der Waals surface area contributed by atoms with Crippen LogP contribution in [0.15, 0.2) is 24.3 Å². The minimum atomic E-state index is -0.274. The molecule has 1 N–H and O–H groups in total. The molecular formula is C11H14O3. The van der Waals surface area contributed by atoms with Gasteiger partial charge in [0.05, 0.1) is 0 Å². The number of hydrogen-bond donors (Lipinski definition) is 1. The predicted molar refractivity (Wildman–Crippen MR) is 52.7 cm³/mol. The van der Waals surface area contributed by atoms with E-state index < -0.39 is 0 Å². The van der Waals surface area contributed by atoms with E-state index in [2.05, 4.69) is 0 Å². The number of carbonyl (C=O) groups excluding carboxylic acids is 1. The average molecular weight is 194 g/mol. The second kappa shape index (κ2) is 5.40. The molecule has 0 amide bonds. The molecule has 14 heavy (non-hydrogen) atoms. The van der Waals surface area contributed by atoms with E-state index in [0.717, 1.165) is 11.1 Å². The fraction of sp³-hybridized carbons (Fsp3) is 0.364. The van der Waals surface area contributed by atoms with Crippen molar-refractivity contribution in [2.75, 3.05) is 6.61 Å². The Balaban J connectivity index is 2.50. The lowest BCUT2D eigenvalue weighted by molar-refractivity contribution is -0.142. The average Bonchev–Trinajstić information content (AvgIpc) is 2.17. The van der Waals surface area contributed by atoms with Gasteiger partial charge >= 0.3 is 5.97 Å². The molecule has 0 spiro atoms. The van der Waals surface area contributed by atoms with Crippen molar-refractivity contribution in [1.82, 2.24) is 0 Å². The lowest BCUT2D eigenvalue weighted by atomic mass is 10.1. The summed E-state index contributed by atoms with van der Waals surface area (Å²) in [5.41, 5.74) is 2.04. The van der Waals surface area contributed by atoms with E-state index in [0.29, 0.717) is 13.0 Å². The van der Waals surface area contributed by atoms with Gasteiger partial charge in [-0.3, -0.25) is 4.79 Å². The first-order chi connectivity index (χ1) is 6.72.